The Balaban J connectivity index is 1.98. The molecule has 1 aromatic rings. The topological polar surface area (TPSA) is 72.2 Å². The SMILES string of the molecule is NS(=O)(=O)C1CCC(Cc2cccc(C(F)(F)F)c2)NC1. The maximum Gasteiger partial charge on any atom is 0.416 e. The molecule has 1 fully saturated rings. The van der Waals surface area contributed by atoms with Crippen molar-refractivity contribution in [2.24, 2.45) is 5.14 Å². The van der Waals surface area contributed by atoms with Crippen molar-refractivity contribution in [1.29, 1.82) is 0 Å². The number of nitrogens with one attached hydrogen (secondary N) is 1. The fourth-order valence-electron chi connectivity index (χ4n) is 2.50. The normalized spacial score (nSPS) is 24.0. The van der Waals surface area contributed by atoms with E-state index in [4.69, 9.17) is 5.14 Å². The van der Waals surface area contributed by atoms with Gasteiger partial charge in [-0.1, -0.05) is 18.2 Å². The Bertz CT molecular complexity index is 594. The zero-order valence-corrected chi connectivity index (χ0v) is 12.0. The minimum atomic E-state index is -4.35. The molecule has 0 saturated carbocycles. The highest BCUT2D eigenvalue weighted by molar-refractivity contribution is 7.89. The van der Waals surface area contributed by atoms with Gasteiger partial charge in [-0.25, -0.2) is 13.6 Å². The van der Waals surface area contributed by atoms with Gasteiger partial charge in [0.1, 0.15) is 0 Å². The predicted octanol–water partition coefficient (Wildman–Crippen LogP) is 1.66. The van der Waals surface area contributed by atoms with E-state index in [2.05, 4.69) is 5.32 Å². The Labute approximate surface area is 121 Å². The lowest BCUT2D eigenvalue weighted by Crippen LogP contribution is -2.47. The quantitative estimate of drug-likeness (QED) is 0.889. The number of rotatable bonds is 3. The standard InChI is InChI=1S/C13H17F3N2O2S/c14-13(15,16)10-3-1-2-9(6-10)7-11-4-5-12(8-18-11)21(17,19)20/h1-3,6,11-12,18H,4-5,7-8H2,(H2,17,19,20). The summed E-state index contributed by atoms with van der Waals surface area (Å²) in [5.41, 5.74) is -0.0883. The summed E-state index contributed by atoms with van der Waals surface area (Å²) in [4.78, 5) is 0. The second kappa shape index (κ2) is 5.94. The monoisotopic (exact) mass is 322 g/mol. The third kappa shape index (κ3) is 4.42. The summed E-state index contributed by atoms with van der Waals surface area (Å²) < 4.78 is 60.3. The van der Waals surface area contributed by atoms with Gasteiger partial charge in [-0.15, -0.1) is 0 Å². The number of hydrogen-bond acceptors (Lipinski definition) is 3. The van der Waals surface area contributed by atoms with Gasteiger partial charge < -0.3 is 5.32 Å². The molecular weight excluding hydrogens is 305 g/mol. The number of primary sulfonamides is 1. The molecule has 0 amide bonds. The Hall–Kier alpha value is -1.12. The lowest BCUT2D eigenvalue weighted by atomic mass is 9.96. The third-order valence-electron chi connectivity index (χ3n) is 3.67. The second-order valence-electron chi connectivity index (χ2n) is 5.30. The van der Waals surface area contributed by atoms with E-state index in [0.29, 0.717) is 24.8 Å². The minimum absolute atomic E-state index is 0.0357. The third-order valence-corrected chi connectivity index (χ3v) is 5.00. The minimum Gasteiger partial charge on any atom is -0.312 e. The molecule has 1 aliphatic rings. The van der Waals surface area contributed by atoms with Crippen molar-refractivity contribution in [3.8, 4) is 0 Å². The van der Waals surface area contributed by atoms with Crippen LogP contribution >= 0.6 is 0 Å². The van der Waals surface area contributed by atoms with Crippen LogP contribution in [0.2, 0.25) is 0 Å². The van der Waals surface area contributed by atoms with Crippen LogP contribution in [-0.2, 0) is 22.6 Å². The highest BCUT2D eigenvalue weighted by Crippen LogP contribution is 2.30. The number of sulfonamides is 1. The van der Waals surface area contributed by atoms with Crippen molar-refractivity contribution >= 4 is 10.0 Å². The van der Waals surface area contributed by atoms with Gasteiger partial charge >= 0.3 is 6.18 Å². The van der Waals surface area contributed by atoms with Crippen LogP contribution in [0.15, 0.2) is 24.3 Å². The van der Waals surface area contributed by atoms with Crippen molar-refractivity contribution in [1.82, 2.24) is 5.32 Å². The molecular formula is C13H17F3N2O2S. The highest BCUT2D eigenvalue weighted by atomic mass is 32.2. The van der Waals surface area contributed by atoms with Crippen LogP contribution in [0.5, 0.6) is 0 Å². The number of piperidine rings is 1. The van der Waals surface area contributed by atoms with Gasteiger partial charge in [0.15, 0.2) is 0 Å². The molecule has 118 valence electrons. The first-order valence-corrected chi connectivity index (χ1v) is 8.18. The van der Waals surface area contributed by atoms with Crippen molar-refractivity contribution in [3.63, 3.8) is 0 Å². The van der Waals surface area contributed by atoms with Gasteiger partial charge in [0.25, 0.3) is 0 Å². The predicted molar refractivity (Wildman–Crippen MR) is 73.1 cm³/mol. The molecule has 1 aliphatic heterocycles. The molecule has 0 aliphatic carbocycles. The van der Waals surface area contributed by atoms with Gasteiger partial charge in [-0.2, -0.15) is 13.2 Å². The van der Waals surface area contributed by atoms with Crippen LogP contribution in [0, 0.1) is 0 Å². The van der Waals surface area contributed by atoms with E-state index >= 15 is 0 Å². The fourth-order valence-corrected chi connectivity index (χ4v) is 3.30. The summed E-state index contributed by atoms with van der Waals surface area (Å²) in [6, 6.07) is 5.16. The second-order valence-corrected chi connectivity index (χ2v) is 7.14. The van der Waals surface area contributed by atoms with Crippen molar-refractivity contribution < 1.29 is 21.6 Å². The molecule has 0 spiro atoms. The van der Waals surface area contributed by atoms with E-state index in [-0.39, 0.29) is 12.6 Å². The van der Waals surface area contributed by atoms with Crippen molar-refractivity contribution in [2.45, 2.75) is 36.7 Å². The Morgan fingerprint density at radius 1 is 1.29 bits per heavy atom. The summed E-state index contributed by atoms with van der Waals surface area (Å²) >= 11 is 0. The molecule has 21 heavy (non-hydrogen) atoms. The molecule has 2 unspecified atom stereocenters. The van der Waals surface area contributed by atoms with Gasteiger partial charge in [0.05, 0.1) is 10.8 Å². The van der Waals surface area contributed by atoms with Crippen LogP contribution in [-0.4, -0.2) is 26.3 Å². The maximum atomic E-state index is 12.6. The molecule has 1 heterocycles. The Morgan fingerprint density at radius 2 is 2.00 bits per heavy atom. The maximum absolute atomic E-state index is 12.6. The molecule has 8 heteroatoms. The zero-order valence-electron chi connectivity index (χ0n) is 11.2. The van der Waals surface area contributed by atoms with Crippen LogP contribution in [0.4, 0.5) is 13.2 Å². The van der Waals surface area contributed by atoms with Crippen molar-refractivity contribution in [2.75, 3.05) is 6.54 Å². The number of nitrogens with two attached hydrogens (primary N) is 1. The smallest absolute Gasteiger partial charge is 0.312 e. The van der Waals surface area contributed by atoms with E-state index in [1.165, 1.54) is 6.07 Å². The zero-order chi connectivity index (χ0) is 15.7. The number of benzene rings is 1. The number of alkyl halides is 3. The van der Waals surface area contributed by atoms with Crippen molar-refractivity contribution in [3.05, 3.63) is 35.4 Å². The average Bonchev–Trinajstić information content (AvgIpc) is 2.37. The van der Waals surface area contributed by atoms with Gasteiger partial charge in [-0.05, 0) is 30.9 Å². The van der Waals surface area contributed by atoms with Gasteiger partial charge in [0, 0.05) is 12.6 Å². The summed E-state index contributed by atoms with van der Waals surface area (Å²) in [7, 11) is -3.56. The molecule has 2 atom stereocenters. The molecule has 1 aromatic carbocycles. The molecule has 1 saturated heterocycles. The van der Waals surface area contributed by atoms with Crippen LogP contribution < -0.4 is 10.5 Å². The molecule has 0 aromatic heterocycles. The molecule has 0 bridgehead atoms. The summed E-state index contributed by atoms with van der Waals surface area (Å²) in [6.45, 7) is 0.239. The molecule has 0 radical (unpaired) electrons. The highest BCUT2D eigenvalue weighted by Gasteiger charge is 2.31. The summed E-state index contributed by atoms with van der Waals surface area (Å²) in [6.07, 6.45) is -2.93. The summed E-state index contributed by atoms with van der Waals surface area (Å²) in [5.74, 6) is 0. The summed E-state index contributed by atoms with van der Waals surface area (Å²) in [5, 5.41) is 7.51. The number of hydrogen-bond donors (Lipinski definition) is 2. The molecule has 2 rings (SSSR count). The first kappa shape index (κ1) is 16.3. The van der Waals surface area contributed by atoms with E-state index < -0.39 is 27.0 Å². The van der Waals surface area contributed by atoms with Gasteiger partial charge in [0.2, 0.25) is 10.0 Å². The van der Waals surface area contributed by atoms with Gasteiger partial charge in [-0.3, -0.25) is 0 Å². The lowest BCUT2D eigenvalue weighted by Gasteiger charge is -2.28. The number of halogens is 3. The first-order valence-electron chi connectivity index (χ1n) is 6.57. The lowest BCUT2D eigenvalue weighted by molar-refractivity contribution is -0.137. The average molecular weight is 322 g/mol. The Kier molecular flexibility index (Phi) is 4.60. The fraction of sp³-hybridized carbons (Fsp3) is 0.538. The largest absolute Gasteiger partial charge is 0.416 e. The van der Waals surface area contributed by atoms with Crippen LogP contribution in [0.25, 0.3) is 0 Å². The van der Waals surface area contributed by atoms with E-state index in [1.807, 2.05) is 0 Å². The van der Waals surface area contributed by atoms with E-state index in [9.17, 15) is 21.6 Å². The van der Waals surface area contributed by atoms with Crippen LogP contribution in [0.1, 0.15) is 24.0 Å². The Morgan fingerprint density at radius 3 is 2.52 bits per heavy atom. The molecule has 3 N–H and O–H groups in total. The first-order chi connectivity index (χ1) is 9.66. The van der Waals surface area contributed by atoms with E-state index in [1.54, 1.807) is 6.07 Å². The van der Waals surface area contributed by atoms with E-state index in [0.717, 1.165) is 12.1 Å². The molecule has 4 nitrogen and oxygen atoms in total. The van der Waals surface area contributed by atoms with Crippen LogP contribution in [0.3, 0.4) is 0 Å².